The highest BCUT2D eigenvalue weighted by Gasteiger charge is 2.12. The third-order valence-electron chi connectivity index (χ3n) is 2.79. The molecule has 0 saturated heterocycles. The predicted molar refractivity (Wildman–Crippen MR) is 84.8 cm³/mol. The molecular weight excluding hydrogens is 329 g/mol. The van der Waals surface area contributed by atoms with Crippen molar-refractivity contribution < 1.29 is 19.1 Å². The van der Waals surface area contributed by atoms with Gasteiger partial charge in [0.05, 0.1) is 22.2 Å². The number of carbonyl (C=O) groups is 2. The highest BCUT2D eigenvalue weighted by Crippen LogP contribution is 2.22. The second kappa shape index (κ2) is 8.66. The molecule has 1 amide bonds. The van der Waals surface area contributed by atoms with Crippen molar-refractivity contribution in [3.05, 3.63) is 45.1 Å². The third kappa shape index (κ3) is 5.58. The molecule has 5 nitrogen and oxygen atoms in total. The number of esters is 1. The summed E-state index contributed by atoms with van der Waals surface area (Å²) in [4.78, 5) is 23.2. The standard InChI is InChI=1S/C15H17Cl2NO4/c1-4-21-14(19)9(2)10(3)18-15(20)22-8-11-5-6-12(16)13(17)7-11/h5-7H,4,8H2,1-3H3,(H,18,20)/b10-9-. The Hall–Kier alpha value is -1.72. The number of carbonyl (C=O) groups excluding carboxylic acids is 2. The number of halogens is 2. The molecule has 0 aliphatic heterocycles. The van der Waals surface area contributed by atoms with Gasteiger partial charge in [0.2, 0.25) is 0 Å². The van der Waals surface area contributed by atoms with E-state index in [0.717, 1.165) is 0 Å². The zero-order valence-electron chi connectivity index (χ0n) is 12.5. The van der Waals surface area contributed by atoms with Gasteiger partial charge in [0.15, 0.2) is 0 Å². The van der Waals surface area contributed by atoms with E-state index < -0.39 is 12.1 Å². The van der Waals surface area contributed by atoms with E-state index in [0.29, 0.717) is 26.9 Å². The molecule has 0 spiro atoms. The van der Waals surface area contributed by atoms with Crippen LogP contribution in [-0.4, -0.2) is 18.7 Å². The fraction of sp³-hybridized carbons (Fsp3) is 0.333. The molecule has 1 rings (SSSR count). The summed E-state index contributed by atoms with van der Waals surface area (Å²) >= 11 is 11.7. The van der Waals surface area contributed by atoms with E-state index in [1.165, 1.54) is 0 Å². The summed E-state index contributed by atoms with van der Waals surface area (Å²) < 4.78 is 9.89. The Kier molecular flexibility index (Phi) is 7.21. The van der Waals surface area contributed by atoms with Crippen molar-refractivity contribution in [1.29, 1.82) is 0 Å². The van der Waals surface area contributed by atoms with Crippen LogP contribution in [0.25, 0.3) is 0 Å². The van der Waals surface area contributed by atoms with Crippen LogP contribution in [0, 0.1) is 0 Å². The average molecular weight is 346 g/mol. The molecule has 0 unspecified atom stereocenters. The molecule has 0 atom stereocenters. The van der Waals surface area contributed by atoms with Crippen LogP contribution in [0.2, 0.25) is 10.0 Å². The zero-order chi connectivity index (χ0) is 16.7. The summed E-state index contributed by atoms with van der Waals surface area (Å²) in [5.74, 6) is -0.482. The second-order valence-electron chi connectivity index (χ2n) is 4.42. The Morgan fingerprint density at radius 2 is 1.82 bits per heavy atom. The van der Waals surface area contributed by atoms with Crippen LogP contribution in [0.3, 0.4) is 0 Å². The number of rotatable bonds is 5. The first kappa shape index (κ1) is 18.3. The molecule has 0 fully saturated rings. The van der Waals surface area contributed by atoms with Gasteiger partial charge in [-0.25, -0.2) is 9.59 Å². The normalized spacial score (nSPS) is 11.5. The number of alkyl carbamates (subject to hydrolysis) is 1. The number of hydrogen-bond acceptors (Lipinski definition) is 4. The summed E-state index contributed by atoms with van der Waals surface area (Å²) in [5, 5.41) is 3.29. The van der Waals surface area contributed by atoms with Gasteiger partial charge in [0.1, 0.15) is 6.61 Å². The smallest absolute Gasteiger partial charge is 0.411 e. The average Bonchev–Trinajstić information content (AvgIpc) is 2.47. The number of nitrogens with one attached hydrogen (secondary N) is 1. The minimum absolute atomic E-state index is 0.0362. The molecule has 120 valence electrons. The van der Waals surface area contributed by atoms with Crippen LogP contribution in [0.5, 0.6) is 0 Å². The second-order valence-corrected chi connectivity index (χ2v) is 5.23. The first-order valence-electron chi connectivity index (χ1n) is 6.57. The fourth-order valence-electron chi connectivity index (χ4n) is 1.45. The quantitative estimate of drug-likeness (QED) is 0.645. The molecule has 0 heterocycles. The van der Waals surface area contributed by atoms with E-state index in [1.54, 1.807) is 39.0 Å². The van der Waals surface area contributed by atoms with Crippen molar-refractivity contribution in [2.24, 2.45) is 0 Å². The lowest BCUT2D eigenvalue weighted by Gasteiger charge is -2.10. The van der Waals surface area contributed by atoms with Gasteiger partial charge in [-0.05, 0) is 38.5 Å². The van der Waals surface area contributed by atoms with Crippen molar-refractivity contribution in [2.45, 2.75) is 27.4 Å². The van der Waals surface area contributed by atoms with E-state index in [-0.39, 0.29) is 13.2 Å². The maximum atomic E-state index is 11.7. The van der Waals surface area contributed by atoms with E-state index >= 15 is 0 Å². The van der Waals surface area contributed by atoms with Gasteiger partial charge in [0.25, 0.3) is 0 Å². The Balaban J connectivity index is 2.57. The van der Waals surface area contributed by atoms with Gasteiger partial charge < -0.3 is 9.47 Å². The van der Waals surface area contributed by atoms with Crippen molar-refractivity contribution in [3.8, 4) is 0 Å². The summed E-state index contributed by atoms with van der Waals surface area (Å²) in [6.45, 7) is 5.17. The Morgan fingerprint density at radius 3 is 2.41 bits per heavy atom. The number of hydrogen-bond donors (Lipinski definition) is 1. The Labute approximate surface area is 139 Å². The molecule has 1 N–H and O–H groups in total. The van der Waals surface area contributed by atoms with Crippen LogP contribution in [0.1, 0.15) is 26.3 Å². The topological polar surface area (TPSA) is 64.6 Å². The molecule has 1 aromatic rings. The van der Waals surface area contributed by atoms with Crippen LogP contribution in [0.15, 0.2) is 29.5 Å². The van der Waals surface area contributed by atoms with Crippen molar-refractivity contribution in [2.75, 3.05) is 6.61 Å². The Bertz CT molecular complexity index is 599. The first-order valence-corrected chi connectivity index (χ1v) is 7.33. The molecule has 0 aliphatic carbocycles. The van der Waals surface area contributed by atoms with Crippen LogP contribution in [-0.2, 0) is 20.9 Å². The molecule has 0 bridgehead atoms. The monoisotopic (exact) mass is 345 g/mol. The SMILES string of the molecule is CCOC(=O)/C(C)=C(/C)NC(=O)OCc1ccc(Cl)c(Cl)c1. The van der Waals surface area contributed by atoms with Crippen LogP contribution < -0.4 is 5.32 Å². The molecule has 0 saturated carbocycles. The van der Waals surface area contributed by atoms with Gasteiger partial charge in [-0.3, -0.25) is 5.32 Å². The largest absolute Gasteiger partial charge is 0.463 e. The van der Waals surface area contributed by atoms with E-state index in [4.69, 9.17) is 32.7 Å². The minimum Gasteiger partial charge on any atom is -0.463 e. The maximum Gasteiger partial charge on any atom is 0.411 e. The number of ether oxygens (including phenoxy) is 2. The van der Waals surface area contributed by atoms with E-state index in [1.807, 2.05) is 0 Å². The summed E-state index contributed by atoms with van der Waals surface area (Å²) in [6.07, 6.45) is -0.674. The lowest BCUT2D eigenvalue weighted by atomic mass is 10.2. The van der Waals surface area contributed by atoms with Crippen molar-refractivity contribution >= 4 is 35.3 Å². The molecule has 0 aromatic heterocycles. The van der Waals surface area contributed by atoms with Crippen LogP contribution in [0.4, 0.5) is 4.79 Å². The predicted octanol–water partition coefficient (Wildman–Crippen LogP) is 4.08. The Morgan fingerprint density at radius 1 is 1.14 bits per heavy atom. The van der Waals surface area contributed by atoms with Gasteiger partial charge in [-0.1, -0.05) is 29.3 Å². The number of benzene rings is 1. The van der Waals surface area contributed by atoms with E-state index in [9.17, 15) is 9.59 Å². The zero-order valence-corrected chi connectivity index (χ0v) is 14.0. The van der Waals surface area contributed by atoms with Gasteiger partial charge in [-0.2, -0.15) is 0 Å². The lowest BCUT2D eigenvalue weighted by molar-refractivity contribution is -0.138. The molecule has 0 radical (unpaired) electrons. The molecule has 0 aliphatic rings. The minimum atomic E-state index is -0.674. The van der Waals surface area contributed by atoms with Crippen LogP contribution >= 0.6 is 23.2 Å². The first-order chi connectivity index (χ1) is 10.3. The maximum absolute atomic E-state index is 11.7. The molecule has 7 heteroatoms. The lowest BCUT2D eigenvalue weighted by Crippen LogP contribution is -2.24. The fourth-order valence-corrected chi connectivity index (χ4v) is 1.77. The molecule has 1 aromatic carbocycles. The van der Waals surface area contributed by atoms with Crippen molar-refractivity contribution in [1.82, 2.24) is 5.32 Å². The van der Waals surface area contributed by atoms with Gasteiger partial charge >= 0.3 is 12.1 Å². The van der Waals surface area contributed by atoms with Gasteiger partial charge in [-0.15, -0.1) is 0 Å². The summed E-state index contributed by atoms with van der Waals surface area (Å²) in [5.41, 5.74) is 1.39. The third-order valence-corrected chi connectivity index (χ3v) is 3.53. The molecule has 22 heavy (non-hydrogen) atoms. The summed E-state index contributed by atoms with van der Waals surface area (Å²) in [7, 11) is 0. The highest BCUT2D eigenvalue weighted by molar-refractivity contribution is 6.42. The van der Waals surface area contributed by atoms with E-state index in [2.05, 4.69) is 5.32 Å². The number of allylic oxidation sites excluding steroid dienone is 1. The molecular formula is C15H17Cl2NO4. The highest BCUT2D eigenvalue weighted by atomic mass is 35.5. The number of amides is 1. The van der Waals surface area contributed by atoms with Crippen molar-refractivity contribution in [3.63, 3.8) is 0 Å². The van der Waals surface area contributed by atoms with Gasteiger partial charge in [0, 0.05) is 5.70 Å². The summed E-state index contributed by atoms with van der Waals surface area (Å²) in [6, 6.07) is 4.94.